The number of rotatable bonds is 2. The number of aromatic nitrogens is 1. The Morgan fingerprint density at radius 3 is 3.00 bits per heavy atom. The Morgan fingerprint density at radius 1 is 1.53 bits per heavy atom. The number of carbonyl (C=O) groups is 1. The summed E-state index contributed by atoms with van der Waals surface area (Å²) in [5, 5.41) is 6.29. The molecule has 1 unspecified atom stereocenters. The molecular formula is C13H19N3O. The van der Waals surface area contributed by atoms with E-state index in [9.17, 15) is 4.79 Å². The molecule has 1 atom stereocenters. The SMILES string of the molecule is Cc1cnccc1NC(=O)C1(C)CCCCN1. The number of carbonyl (C=O) groups excluding carboxylic acids is 1. The van der Waals surface area contributed by atoms with Crippen molar-refractivity contribution < 1.29 is 4.79 Å². The molecule has 4 heteroatoms. The van der Waals surface area contributed by atoms with E-state index in [0.717, 1.165) is 37.1 Å². The van der Waals surface area contributed by atoms with Crippen molar-refractivity contribution in [3.63, 3.8) is 0 Å². The van der Waals surface area contributed by atoms with Crippen LogP contribution in [0.5, 0.6) is 0 Å². The van der Waals surface area contributed by atoms with Crippen LogP contribution in [0.15, 0.2) is 18.5 Å². The summed E-state index contributed by atoms with van der Waals surface area (Å²) in [5.74, 6) is 0.0477. The van der Waals surface area contributed by atoms with Gasteiger partial charge in [0.25, 0.3) is 0 Å². The normalized spacial score (nSPS) is 24.4. The first kappa shape index (κ1) is 12.0. The first-order chi connectivity index (χ1) is 8.12. The Bertz CT molecular complexity index is 411. The summed E-state index contributed by atoms with van der Waals surface area (Å²) in [6, 6.07) is 1.83. The quantitative estimate of drug-likeness (QED) is 0.819. The van der Waals surface area contributed by atoms with Crippen molar-refractivity contribution in [1.29, 1.82) is 0 Å². The maximum atomic E-state index is 12.2. The average molecular weight is 233 g/mol. The molecule has 1 saturated heterocycles. The van der Waals surface area contributed by atoms with Crippen LogP contribution in [-0.4, -0.2) is 23.0 Å². The van der Waals surface area contributed by atoms with Crippen molar-refractivity contribution in [3.8, 4) is 0 Å². The van der Waals surface area contributed by atoms with Crippen LogP contribution in [-0.2, 0) is 4.79 Å². The van der Waals surface area contributed by atoms with Crippen LogP contribution in [0.25, 0.3) is 0 Å². The highest BCUT2D eigenvalue weighted by atomic mass is 16.2. The zero-order chi connectivity index (χ0) is 12.3. The van der Waals surface area contributed by atoms with Gasteiger partial charge in [0.15, 0.2) is 0 Å². The molecule has 0 aromatic carbocycles. The van der Waals surface area contributed by atoms with E-state index in [-0.39, 0.29) is 5.91 Å². The third-order valence-corrected chi connectivity index (χ3v) is 3.39. The fraction of sp³-hybridized carbons (Fsp3) is 0.538. The molecule has 0 radical (unpaired) electrons. The van der Waals surface area contributed by atoms with Crippen molar-refractivity contribution in [2.75, 3.05) is 11.9 Å². The van der Waals surface area contributed by atoms with Gasteiger partial charge in [-0.2, -0.15) is 0 Å². The van der Waals surface area contributed by atoms with E-state index in [2.05, 4.69) is 15.6 Å². The zero-order valence-electron chi connectivity index (χ0n) is 10.4. The lowest BCUT2D eigenvalue weighted by Gasteiger charge is -2.33. The lowest BCUT2D eigenvalue weighted by molar-refractivity contribution is -0.122. The van der Waals surface area contributed by atoms with Crippen molar-refractivity contribution in [1.82, 2.24) is 10.3 Å². The largest absolute Gasteiger partial charge is 0.324 e. The average Bonchev–Trinajstić information content (AvgIpc) is 2.33. The lowest BCUT2D eigenvalue weighted by Crippen LogP contribution is -2.54. The molecule has 2 heterocycles. The second-order valence-corrected chi connectivity index (χ2v) is 4.86. The Morgan fingerprint density at radius 2 is 2.35 bits per heavy atom. The molecule has 2 rings (SSSR count). The highest BCUT2D eigenvalue weighted by Crippen LogP contribution is 2.21. The van der Waals surface area contributed by atoms with E-state index in [0.29, 0.717) is 0 Å². The van der Waals surface area contributed by atoms with Gasteiger partial charge < -0.3 is 10.6 Å². The lowest BCUT2D eigenvalue weighted by atomic mass is 9.90. The molecule has 1 aliphatic rings. The summed E-state index contributed by atoms with van der Waals surface area (Å²) in [6.45, 7) is 4.83. The maximum Gasteiger partial charge on any atom is 0.244 e. The molecule has 1 aromatic rings. The predicted octanol–water partition coefficient (Wildman–Crippen LogP) is 1.86. The number of nitrogens with one attached hydrogen (secondary N) is 2. The van der Waals surface area contributed by atoms with Gasteiger partial charge in [0.05, 0.1) is 5.54 Å². The topological polar surface area (TPSA) is 54.0 Å². The summed E-state index contributed by atoms with van der Waals surface area (Å²) in [5.41, 5.74) is 1.40. The summed E-state index contributed by atoms with van der Waals surface area (Å²) >= 11 is 0. The smallest absolute Gasteiger partial charge is 0.244 e. The molecular weight excluding hydrogens is 214 g/mol. The molecule has 1 fully saturated rings. The molecule has 1 amide bonds. The maximum absolute atomic E-state index is 12.2. The Kier molecular flexibility index (Phi) is 3.43. The van der Waals surface area contributed by atoms with Gasteiger partial charge in [-0.3, -0.25) is 9.78 Å². The Hall–Kier alpha value is -1.42. The third kappa shape index (κ3) is 2.64. The highest BCUT2D eigenvalue weighted by molar-refractivity contribution is 5.98. The molecule has 17 heavy (non-hydrogen) atoms. The summed E-state index contributed by atoms with van der Waals surface area (Å²) in [4.78, 5) is 16.3. The van der Waals surface area contributed by atoms with Gasteiger partial charge >= 0.3 is 0 Å². The van der Waals surface area contributed by atoms with Crippen LogP contribution >= 0.6 is 0 Å². The first-order valence-electron chi connectivity index (χ1n) is 6.09. The molecule has 2 N–H and O–H groups in total. The van der Waals surface area contributed by atoms with Crippen LogP contribution in [0.1, 0.15) is 31.7 Å². The standard InChI is InChI=1S/C13H19N3O/c1-10-9-14-8-5-11(10)16-12(17)13(2)6-3-4-7-15-13/h5,8-9,15H,3-4,6-7H2,1-2H3,(H,14,16,17). The number of anilines is 1. The van der Waals surface area contributed by atoms with Crippen molar-refractivity contribution in [2.24, 2.45) is 0 Å². The molecule has 0 aliphatic carbocycles. The first-order valence-corrected chi connectivity index (χ1v) is 6.09. The highest BCUT2D eigenvalue weighted by Gasteiger charge is 2.34. The monoisotopic (exact) mass is 233 g/mol. The van der Waals surface area contributed by atoms with Crippen LogP contribution < -0.4 is 10.6 Å². The minimum atomic E-state index is -0.437. The van der Waals surface area contributed by atoms with Gasteiger partial charge in [-0.15, -0.1) is 0 Å². The van der Waals surface area contributed by atoms with Crippen LogP contribution in [0.3, 0.4) is 0 Å². The molecule has 4 nitrogen and oxygen atoms in total. The second kappa shape index (κ2) is 4.84. The van der Waals surface area contributed by atoms with Gasteiger partial charge in [0, 0.05) is 18.1 Å². The predicted molar refractivity (Wildman–Crippen MR) is 67.9 cm³/mol. The molecule has 0 spiro atoms. The summed E-state index contributed by atoms with van der Waals surface area (Å²) in [6.07, 6.45) is 6.60. The van der Waals surface area contributed by atoms with Crippen molar-refractivity contribution >= 4 is 11.6 Å². The minimum Gasteiger partial charge on any atom is -0.324 e. The van der Waals surface area contributed by atoms with E-state index in [1.54, 1.807) is 12.4 Å². The van der Waals surface area contributed by atoms with Crippen LogP contribution in [0, 0.1) is 6.92 Å². The van der Waals surface area contributed by atoms with E-state index in [1.165, 1.54) is 0 Å². The van der Waals surface area contributed by atoms with E-state index in [4.69, 9.17) is 0 Å². The number of nitrogens with zero attached hydrogens (tertiary/aromatic N) is 1. The second-order valence-electron chi connectivity index (χ2n) is 4.86. The summed E-state index contributed by atoms with van der Waals surface area (Å²) < 4.78 is 0. The van der Waals surface area contributed by atoms with Crippen LogP contribution in [0.2, 0.25) is 0 Å². The third-order valence-electron chi connectivity index (χ3n) is 3.39. The molecule has 1 aliphatic heterocycles. The Labute approximate surface area is 102 Å². The number of pyridine rings is 1. The van der Waals surface area contributed by atoms with Crippen molar-refractivity contribution in [2.45, 2.75) is 38.6 Å². The fourth-order valence-corrected chi connectivity index (χ4v) is 2.12. The molecule has 92 valence electrons. The van der Waals surface area contributed by atoms with Gasteiger partial charge in [0.1, 0.15) is 0 Å². The molecule has 0 saturated carbocycles. The number of piperidine rings is 1. The fourth-order valence-electron chi connectivity index (χ4n) is 2.12. The molecule has 0 bridgehead atoms. The van der Waals surface area contributed by atoms with E-state index >= 15 is 0 Å². The number of hydrogen-bond acceptors (Lipinski definition) is 3. The molecule has 1 aromatic heterocycles. The summed E-state index contributed by atoms with van der Waals surface area (Å²) in [7, 11) is 0. The van der Waals surface area contributed by atoms with Gasteiger partial charge in [-0.05, 0) is 51.3 Å². The van der Waals surface area contributed by atoms with Gasteiger partial charge in [0.2, 0.25) is 5.91 Å². The van der Waals surface area contributed by atoms with Gasteiger partial charge in [-0.1, -0.05) is 0 Å². The van der Waals surface area contributed by atoms with Crippen LogP contribution in [0.4, 0.5) is 5.69 Å². The number of amides is 1. The zero-order valence-corrected chi connectivity index (χ0v) is 10.4. The van der Waals surface area contributed by atoms with E-state index in [1.807, 2.05) is 19.9 Å². The number of aryl methyl sites for hydroxylation is 1. The minimum absolute atomic E-state index is 0.0477. The van der Waals surface area contributed by atoms with Crippen molar-refractivity contribution in [3.05, 3.63) is 24.0 Å². The Balaban J connectivity index is 2.08. The van der Waals surface area contributed by atoms with Gasteiger partial charge in [-0.25, -0.2) is 0 Å². The van der Waals surface area contributed by atoms with E-state index < -0.39 is 5.54 Å². The number of hydrogen-bond donors (Lipinski definition) is 2.